The Bertz CT molecular complexity index is 529. The molecule has 0 amide bonds. The van der Waals surface area contributed by atoms with Gasteiger partial charge in [-0.2, -0.15) is 0 Å². The van der Waals surface area contributed by atoms with E-state index < -0.39 is 0 Å². The minimum atomic E-state index is 0.971. The number of hydrogen-bond donors (Lipinski definition) is 1. The maximum atomic E-state index is 4.37. The van der Waals surface area contributed by atoms with Crippen LogP contribution in [0.4, 0.5) is 0 Å². The number of rotatable bonds is 1. The lowest BCUT2D eigenvalue weighted by Gasteiger charge is -2.03. The van der Waals surface area contributed by atoms with Crippen molar-refractivity contribution in [2.24, 2.45) is 0 Å². The molecular weight excluding hydrogens is 184 g/mol. The molecule has 0 bridgehead atoms. The Balaban J connectivity index is 2.13. The molecule has 0 fully saturated rings. The summed E-state index contributed by atoms with van der Waals surface area (Å²) in [7, 11) is 0. The molecule has 1 aromatic heterocycles. The minimum absolute atomic E-state index is 0.971. The molecule has 1 aromatic carbocycles. The first-order valence-corrected chi connectivity index (χ1v) is 5.18. The van der Waals surface area contributed by atoms with Crippen LogP contribution in [0.3, 0.4) is 0 Å². The Kier molecular flexibility index (Phi) is 2.00. The second-order valence-corrected chi connectivity index (χ2v) is 3.77. The topological polar surface area (TPSA) is 24.9 Å². The third kappa shape index (κ3) is 1.53. The maximum absolute atomic E-state index is 4.37. The summed E-state index contributed by atoms with van der Waals surface area (Å²) in [6.07, 6.45) is 4.08. The number of hydrogen-bond acceptors (Lipinski definition) is 2. The molecular formula is C13H12N2. The molecule has 0 saturated heterocycles. The summed E-state index contributed by atoms with van der Waals surface area (Å²) in [5, 5.41) is 4.51. The number of aromatic nitrogens is 1. The van der Waals surface area contributed by atoms with Gasteiger partial charge in [-0.05, 0) is 23.3 Å². The van der Waals surface area contributed by atoms with Gasteiger partial charge in [0.1, 0.15) is 0 Å². The lowest BCUT2D eigenvalue weighted by molar-refractivity contribution is 0.897. The second-order valence-electron chi connectivity index (χ2n) is 3.77. The number of nitrogens with zero attached hydrogens (tertiary/aromatic N) is 1. The van der Waals surface area contributed by atoms with E-state index in [0.717, 1.165) is 18.6 Å². The summed E-state index contributed by atoms with van der Waals surface area (Å²) in [6.45, 7) is 1.95. The first-order chi connectivity index (χ1) is 7.43. The average molecular weight is 196 g/mol. The summed E-state index contributed by atoms with van der Waals surface area (Å²) in [4.78, 5) is 4.37. The van der Waals surface area contributed by atoms with Crippen molar-refractivity contribution in [3.05, 3.63) is 48.2 Å². The van der Waals surface area contributed by atoms with Crippen molar-refractivity contribution in [1.82, 2.24) is 10.3 Å². The Morgan fingerprint density at radius 1 is 1.20 bits per heavy atom. The smallest absolute Gasteiger partial charge is 0.0708 e. The van der Waals surface area contributed by atoms with Gasteiger partial charge in [0, 0.05) is 24.7 Å². The highest BCUT2D eigenvalue weighted by atomic mass is 14.9. The molecule has 1 aliphatic rings. The van der Waals surface area contributed by atoms with Crippen molar-refractivity contribution < 1.29 is 0 Å². The molecule has 74 valence electrons. The third-order valence-electron chi connectivity index (χ3n) is 2.78. The lowest BCUT2D eigenvalue weighted by Crippen LogP contribution is -2.07. The van der Waals surface area contributed by atoms with E-state index in [2.05, 4.69) is 40.6 Å². The summed E-state index contributed by atoms with van der Waals surface area (Å²) >= 11 is 0. The zero-order valence-electron chi connectivity index (χ0n) is 8.40. The SMILES string of the molecule is C1=C(c2ccc3cccnc3c2)CNC1. The van der Waals surface area contributed by atoms with Gasteiger partial charge in [-0.25, -0.2) is 0 Å². The van der Waals surface area contributed by atoms with Gasteiger partial charge in [0.05, 0.1) is 5.52 Å². The Hall–Kier alpha value is -1.67. The van der Waals surface area contributed by atoms with Crippen LogP contribution in [-0.4, -0.2) is 18.1 Å². The highest BCUT2D eigenvalue weighted by Gasteiger charge is 2.06. The Morgan fingerprint density at radius 3 is 3.07 bits per heavy atom. The van der Waals surface area contributed by atoms with Crippen LogP contribution >= 0.6 is 0 Å². The van der Waals surface area contributed by atoms with Crippen molar-refractivity contribution in [1.29, 1.82) is 0 Å². The van der Waals surface area contributed by atoms with E-state index in [1.165, 1.54) is 16.5 Å². The predicted octanol–water partition coefficient (Wildman–Crippen LogP) is 2.22. The van der Waals surface area contributed by atoms with Crippen LogP contribution in [0, 0.1) is 0 Å². The average Bonchev–Trinajstić information content (AvgIpc) is 2.82. The first kappa shape index (κ1) is 8.62. The molecule has 0 radical (unpaired) electrons. The van der Waals surface area contributed by atoms with Crippen LogP contribution in [0.15, 0.2) is 42.6 Å². The van der Waals surface area contributed by atoms with Gasteiger partial charge in [0.2, 0.25) is 0 Å². The van der Waals surface area contributed by atoms with Crippen LogP contribution in [-0.2, 0) is 0 Å². The van der Waals surface area contributed by atoms with Gasteiger partial charge in [-0.1, -0.05) is 24.3 Å². The normalized spacial score (nSPS) is 15.6. The predicted molar refractivity (Wildman–Crippen MR) is 62.6 cm³/mol. The number of benzene rings is 1. The second kappa shape index (κ2) is 3.48. The summed E-state index contributed by atoms with van der Waals surface area (Å²) in [6, 6.07) is 10.5. The molecule has 2 heterocycles. The van der Waals surface area contributed by atoms with Crippen LogP contribution in [0.2, 0.25) is 0 Å². The highest BCUT2D eigenvalue weighted by molar-refractivity contribution is 5.83. The van der Waals surface area contributed by atoms with Gasteiger partial charge in [-0.15, -0.1) is 0 Å². The summed E-state index contributed by atoms with van der Waals surface area (Å²) in [5.74, 6) is 0. The molecule has 15 heavy (non-hydrogen) atoms. The first-order valence-electron chi connectivity index (χ1n) is 5.18. The number of nitrogens with one attached hydrogen (secondary N) is 1. The molecule has 0 atom stereocenters. The molecule has 0 unspecified atom stereocenters. The van der Waals surface area contributed by atoms with Crippen molar-refractivity contribution in [3.63, 3.8) is 0 Å². The van der Waals surface area contributed by atoms with Crippen LogP contribution in [0.5, 0.6) is 0 Å². The van der Waals surface area contributed by atoms with Gasteiger partial charge in [0.25, 0.3) is 0 Å². The van der Waals surface area contributed by atoms with Crippen molar-refractivity contribution in [2.75, 3.05) is 13.1 Å². The molecule has 1 aliphatic heterocycles. The number of fused-ring (bicyclic) bond motifs is 1. The molecule has 2 aromatic rings. The van der Waals surface area contributed by atoms with Crippen LogP contribution in [0.25, 0.3) is 16.5 Å². The van der Waals surface area contributed by atoms with Crippen molar-refractivity contribution in [2.45, 2.75) is 0 Å². The Morgan fingerprint density at radius 2 is 2.20 bits per heavy atom. The fourth-order valence-electron chi connectivity index (χ4n) is 1.96. The van der Waals surface area contributed by atoms with Crippen LogP contribution in [0.1, 0.15) is 5.56 Å². The van der Waals surface area contributed by atoms with Crippen LogP contribution < -0.4 is 5.32 Å². The quantitative estimate of drug-likeness (QED) is 0.756. The zero-order chi connectivity index (χ0) is 10.1. The third-order valence-corrected chi connectivity index (χ3v) is 2.78. The molecule has 0 spiro atoms. The molecule has 2 nitrogen and oxygen atoms in total. The van der Waals surface area contributed by atoms with E-state index in [0.29, 0.717) is 0 Å². The summed E-state index contributed by atoms with van der Waals surface area (Å²) in [5.41, 5.74) is 3.73. The fraction of sp³-hybridized carbons (Fsp3) is 0.154. The van der Waals surface area contributed by atoms with E-state index >= 15 is 0 Å². The van der Waals surface area contributed by atoms with Gasteiger partial charge < -0.3 is 5.32 Å². The van der Waals surface area contributed by atoms with E-state index in [1.54, 1.807) is 0 Å². The minimum Gasteiger partial charge on any atom is -0.309 e. The lowest BCUT2D eigenvalue weighted by atomic mass is 10.0. The largest absolute Gasteiger partial charge is 0.309 e. The zero-order valence-corrected chi connectivity index (χ0v) is 8.40. The van der Waals surface area contributed by atoms with Gasteiger partial charge in [-0.3, -0.25) is 4.98 Å². The highest BCUT2D eigenvalue weighted by Crippen LogP contribution is 2.20. The van der Waals surface area contributed by atoms with Crippen molar-refractivity contribution >= 4 is 16.5 Å². The van der Waals surface area contributed by atoms with Gasteiger partial charge in [0.15, 0.2) is 0 Å². The van der Waals surface area contributed by atoms with E-state index in [1.807, 2.05) is 12.3 Å². The fourth-order valence-corrected chi connectivity index (χ4v) is 1.96. The maximum Gasteiger partial charge on any atom is 0.0708 e. The molecule has 2 heteroatoms. The monoisotopic (exact) mass is 196 g/mol. The number of pyridine rings is 1. The van der Waals surface area contributed by atoms with E-state index in [4.69, 9.17) is 0 Å². The molecule has 0 saturated carbocycles. The molecule has 0 aliphatic carbocycles. The van der Waals surface area contributed by atoms with E-state index in [9.17, 15) is 0 Å². The van der Waals surface area contributed by atoms with E-state index in [-0.39, 0.29) is 0 Å². The van der Waals surface area contributed by atoms with Gasteiger partial charge >= 0.3 is 0 Å². The molecule has 3 rings (SSSR count). The van der Waals surface area contributed by atoms with Crippen molar-refractivity contribution in [3.8, 4) is 0 Å². The summed E-state index contributed by atoms with van der Waals surface area (Å²) < 4.78 is 0. The molecule has 1 N–H and O–H groups in total. The standard InChI is InChI=1S/C13H12N2/c1-2-10-3-4-11(8-13(10)15-6-1)12-5-7-14-9-12/h1-6,8,14H,7,9H2. The Labute approximate surface area is 88.6 Å².